The predicted molar refractivity (Wildman–Crippen MR) is 129 cm³/mol. The summed E-state index contributed by atoms with van der Waals surface area (Å²) in [6.07, 6.45) is 6.09. The number of nitrogens with zero attached hydrogens (tertiary/aromatic N) is 1. The summed E-state index contributed by atoms with van der Waals surface area (Å²) in [6.45, 7) is 3.81. The molecule has 34 heavy (non-hydrogen) atoms. The van der Waals surface area contributed by atoms with Crippen molar-refractivity contribution >= 4 is 21.7 Å². The first-order valence-corrected chi connectivity index (χ1v) is 13.4. The predicted octanol–water partition coefficient (Wildman–Crippen LogP) is 3.65. The summed E-state index contributed by atoms with van der Waals surface area (Å²) in [6, 6.07) is 10.5. The number of nitrogens with one attached hydrogen (secondary N) is 2. The molecule has 2 fully saturated rings. The van der Waals surface area contributed by atoms with Gasteiger partial charge in [-0.3, -0.25) is 4.79 Å². The van der Waals surface area contributed by atoms with Crippen LogP contribution in [0.2, 0.25) is 0 Å². The highest BCUT2D eigenvalue weighted by molar-refractivity contribution is 7.90. The molecular formula is C25H33N3O5S. The molecule has 0 unspecified atom stereocenters. The minimum Gasteiger partial charge on any atom is -0.477 e. The van der Waals surface area contributed by atoms with Crippen molar-refractivity contribution in [1.29, 1.82) is 0 Å². The Bertz CT molecular complexity index is 1140. The number of carbonyl (C=O) groups excluding carboxylic acids is 1. The number of hydrogen-bond donors (Lipinski definition) is 3. The summed E-state index contributed by atoms with van der Waals surface area (Å²) < 4.78 is 34.2. The topological polar surface area (TPSA) is 118 Å². The van der Waals surface area contributed by atoms with Gasteiger partial charge in [0.05, 0.1) is 6.10 Å². The second-order valence-electron chi connectivity index (χ2n) is 9.50. The van der Waals surface area contributed by atoms with Crippen molar-refractivity contribution in [2.24, 2.45) is 0 Å². The number of ether oxygens (including phenoxy) is 1. The fourth-order valence-corrected chi connectivity index (χ4v) is 5.37. The van der Waals surface area contributed by atoms with E-state index >= 15 is 0 Å². The number of sulfonamides is 1. The van der Waals surface area contributed by atoms with Crippen LogP contribution in [0.15, 0.2) is 41.4 Å². The highest BCUT2D eigenvalue weighted by Crippen LogP contribution is 2.45. The molecule has 3 N–H and O–H groups in total. The third-order valence-corrected chi connectivity index (χ3v) is 7.67. The summed E-state index contributed by atoms with van der Waals surface area (Å²) in [7, 11) is -4.19. The van der Waals surface area contributed by atoms with Gasteiger partial charge < -0.3 is 15.2 Å². The lowest BCUT2D eigenvalue weighted by Crippen LogP contribution is -2.43. The highest BCUT2D eigenvalue weighted by Gasteiger charge is 2.54. The maximum atomic E-state index is 13.1. The standard InChI is InChI=1S/C25H33N3O5S/c1-17-11-12-20(19-7-4-3-5-8-19)21(15-17)33-25(13-14-25)24(30)28-34(31,32)23-10-6-9-22(27-23)26-16-18(2)29/h6,9-12,15,18-19,29H,3-5,7-8,13-14,16H2,1-2H3,(H,26,27)(H,28,30)/t18-/m1/s1. The number of rotatable bonds is 9. The van der Waals surface area contributed by atoms with Gasteiger partial charge in [0.15, 0.2) is 10.6 Å². The number of hydrogen-bond acceptors (Lipinski definition) is 7. The van der Waals surface area contributed by atoms with Gasteiger partial charge in [-0.15, -0.1) is 0 Å². The van der Waals surface area contributed by atoms with Gasteiger partial charge in [0.2, 0.25) is 0 Å². The normalized spacial score (nSPS) is 18.7. The summed E-state index contributed by atoms with van der Waals surface area (Å²) >= 11 is 0. The molecule has 9 heteroatoms. The van der Waals surface area contributed by atoms with E-state index in [1.54, 1.807) is 13.0 Å². The second-order valence-corrected chi connectivity index (χ2v) is 11.1. The summed E-state index contributed by atoms with van der Waals surface area (Å²) in [4.78, 5) is 17.2. The maximum Gasteiger partial charge on any atom is 0.281 e. The molecular weight excluding hydrogens is 454 g/mol. The Balaban J connectivity index is 1.50. The minimum absolute atomic E-state index is 0.222. The first-order chi connectivity index (χ1) is 16.2. The summed E-state index contributed by atoms with van der Waals surface area (Å²) in [5.74, 6) is 0.700. The average Bonchev–Trinajstić information content (AvgIpc) is 3.59. The van der Waals surface area contributed by atoms with Gasteiger partial charge in [-0.05, 0) is 61.9 Å². The van der Waals surface area contributed by atoms with Gasteiger partial charge in [0.25, 0.3) is 15.9 Å². The fraction of sp³-hybridized carbons (Fsp3) is 0.520. The summed E-state index contributed by atoms with van der Waals surface area (Å²) in [5.41, 5.74) is 0.946. The first-order valence-electron chi connectivity index (χ1n) is 11.9. The van der Waals surface area contributed by atoms with Crippen molar-refractivity contribution in [3.8, 4) is 5.75 Å². The molecule has 1 atom stereocenters. The molecule has 2 saturated carbocycles. The molecule has 8 nitrogen and oxygen atoms in total. The number of aliphatic hydroxyl groups excluding tert-OH is 1. The van der Waals surface area contributed by atoms with Crippen molar-refractivity contribution in [1.82, 2.24) is 9.71 Å². The van der Waals surface area contributed by atoms with Crippen LogP contribution in [-0.2, 0) is 14.8 Å². The largest absolute Gasteiger partial charge is 0.477 e. The average molecular weight is 488 g/mol. The molecule has 0 bridgehead atoms. The quantitative estimate of drug-likeness (QED) is 0.494. The zero-order valence-corrected chi connectivity index (χ0v) is 20.5. The number of carbonyl (C=O) groups is 1. The summed E-state index contributed by atoms with van der Waals surface area (Å²) in [5, 5.41) is 12.0. The number of aliphatic hydroxyl groups is 1. The van der Waals surface area contributed by atoms with Gasteiger partial charge in [0, 0.05) is 19.4 Å². The molecule has 2 aliphatic carbocycles. The molecule has 1 heterocycles. The van der Waals surface area contributed by atoms with Crippen LogP contribution in [0, 0.1) is 6.92 Å². The van der Waals surface area contributed by atoms with Crippen LogP contribution in [0.4, 0.5) is 5.82 Å². The Morgan fingerprint density at radius 1 is 1.21 bits per heavy atom. The van der Waals surface area contributed by atoms with E-state index in [1.165, 1.54) is 31.4 Å². The molecule has 2 aromatic rings. The van der Waals surface area contributed by atoms with E-state index < -0.39 is 27.6 Å². The highest BCUT2D eigenvalue weighted by atomic mass is 32.2. The van der Waals surface area contributed by atoms with Gasteiger partial charge in [-0.1, -0.05) is 37.5 Å². The smallest absolute Gasteiger partial charge is 0.281 e. The SMILES string of the molecule is Cc1ccc(C2CCCCC2)c(OC2(C(=O)NS(=O)(=O)c3cccc(NC[C@@H](C)O)n3)CC2)c1. The Hall–Kier alpha value is -2.65. The maximum absolute atomic E-state index is 13.1. The van der Waals surface area contributed by atoms with Crippen molar-refractivity contribution in [3.63, 3.8) is 0 Å². The number of anilines is 1. The van der Waals surface area contributed by atoms with Gasteiger partial charge in [-0.2, -0.15) is 8.42 Å². The van der Waals surface area contributed by atoms with Crippen LogP contribution in [0.3, 0.4) is 0 Å². The lowest BCUT2D eigenvalue weighted by Gasteiger charge is -2.26. The van der Waals surface area contributed by atoms with E-state index in [2.05, 4.69) is 27.2 Å². The van der Waals surface area contributed by atoms with Crippen LogP contribution in [-0.4, -0.2) is 42.7 Å². The molecule has 184 valence electrons. The lowest BCUT2D eigenvalue weighted by atomic mass is 9.83. The number of benzene rings is 1. The first kappa shape index (κ1) is 24.5. The van der Waals surface area contributed by atoms with Crippen molar-refractivity contribution in [2.75, 3.05) is 11.9 Å². The van der Waals surface area contributed by atoms with E-state index in [1.807, 2.05) is 13.0 Å². The van der Waals surface area contributed by atoms with Gasteiger partial charge in [-0.25, -0.2) is 9.71 Å². The van der Waals surface area contributed by atoms with Crippen LogP contribution in [0.5, 0.6) is 5.75 Å². The Morgan fingerprint density at radius 2 is 1.94 bits per heavy atom. The van der Waals surface area contributed by atoms with Gasteiger partial charge in [0.1, 0.15) is 11.6 Å². The van der Waals surface area contributed by atoms with Crippen LogP contribution < -0.4 is 14.8 Å². The number of aromatic nitrogens is 1. The number of amides is 1. The zero-order valence-electron chi connectivity index (χ0n) is 19.7. The molecule has 0 saturated heterocycles. The van der Waals surface area contributed by atoms with E-state index in [0.717, 1.165) is 24.0 Å². The lowest BCUT2D eigenvalue weighted by molar-refractivity contribution is -0.128. The molecule has 1 aromatic heterocycles. The van der Waals surface area contributed by atoms with Crippen LogP contribution in [0.25, 0.3) is 0 Å². The van der Waals surface area contributed by atoms with E-state index in [-0.39, 0.29) is 11.6 Å². The molecule has 0 aliphatic heterocycles. The van der Waals surface area contributed by atoms with Crippen molar-refractivity contribution in [2.45, 2.75) is 81.4 Å². The molecule has 4 rings (SSSR count). The Labute approximate surface area is 201 Å². The molecule has 2 aliphatic rings. The third-order valence-electron chi connectivity index (χ3n) is 6.44. The van der Waals surface area contributed by atoms with Gasteiger partial charge >= 0.3 is 0 Å². The van der Waals surface area contributed by atoms with E-state index in [4.69, 9.17) is 4.74 Å². The monoisotopic (exact) mass is 487 g/mol. The molecule has 0 radical (unpaired) electrons. The fourth-order valence-electron chi connectivity index (χ4n) is 4.36. The Morgan fingerprint density at radius 3 is 2.62 bits per heavy atom. The molecule has 1 amide bonds. The van der Waals surface area contributed by atoms with E-state index in [9.17, 15) is 18.3 Å². The van der Waals surface area contributed by atoms with Crippen LogP contribution in [0.1, 0.15) is 68.9 Å². The molecule has 0 spiro atoms. The van der Waals surface area contributed by atoms with Crippen LogP contribution >= 0.6 is 0 Å². The number of aryl methyl sites for hydroxylation is 1. The molecule has 1 aromatic carbocycles. The number of pyridine rings is 1. The van der Waals surface area contributed by atoms with Crippen molar-refractivity contribution < 1.29 is 23.1 Å². The minimum atomic E-state index is -4.19. The van der Waals surface area contributed by atoms with Crippen molar-refractivity contribution in [3.05, 3.63) is 47.5 Å². The zero-order chi connectivity index (χ0) is 24.3. The van der Waals surface area contributed by atoms with E-state index in [0.29, 0.717) is 30.3 Å². The second kappa shape index (κ2) is 9.92. The Kier molecular flexibility index (Phi) is 7.14. The third kappa shape index (κ3) is 5.70.